The number of ether oxygens (including phenoxy) is 1. The van der Waals surface area contributed by atoms with Crippen molar-refractivity contribution in [2.75, 3.05) is 13.7 Å². The van der Waals surface area contributed by atoms with Crippen LogP contribution in [0, 0.1) is 0 Å². The molecule has 1 atom stereocenters. The summed E-state index contributed by atoms with van der Waals surface area (Å²) in [5.74, 6) is 0.313. The smallest absolute Gasteiger partial charge is 0.337 e. The fourth-order valence-electron chi connectivity index (χ4n) is 2.35. The van der Waals surface area contributed by atoms with Crippen molar-refractivity contribution in [1.82, 2.24) is 4.72 Å². The van der Waals surface area contributed by atoms with Gasteiger partial charge in [-0.2, -0.15) is 11.3 Å². The number of furan rings is 1. The van der Waals surface area contributed by atoms with E-state index in [4.69, 9.17) is 4.42 Å². The summed E-state index contributed by atoms with van der Waals surface area (Å²) in [6.07, 6.45) is -1.14. The fourth-order valence-corrected chi connectivity index (χ4v) is 4.04. The van der Waals surface area contributed by atoms with Crippen LogP contribution < -0.4 is 4.72 Å². The third kappa shape index (κ3) is 4.45. The summed E-state index contributed by atoms with van der Waals surface area (Å²) in [5.41, 5.74) is 1.14. The van der Waals surface area contributed by atoms with Crippen molar-refractivity contribution in [3.63, 3.8) is 0 Å². The Balaban J connectivity index is 1.65. The maximum absolute atomic E-state index is 12.3. The van der Waals surface area contributed by atoms with E-state index in [9.17, 15) is 18.3 Å². The number of esters is 1. The lowest BCUT2D eigenvalue weighted by Gasteiger charge is -2.11. The third-order valence-corrected chi connectivity index (χ3v) is 5.94. The number of sulfonamides is 1. The SMILES string of the molecule is COC(=O)c1ccc(S(=O)(=O)NC[C@H](O)c2ccc(-c3ccsc3)o2)cc1. The fraction of sp³-hybridized carbons (Fsp3) is 0.167. The molecule has 0 aliphatic rings. The predicted molar refractivity (Wildman–Crippen MR) is 100.0 cm³/mol. The molecule has 9 heteroatoms. The normalized spacial score (nSPS) is 12.7. The first-order chi connectivity index (χ1) is 12.9. The molecule has 2 aromatic heterocycles. The van der Waals surface area contributed by atoms with Gasteiger partial charge >= 0.3 is 5.97 Å². The minimum absolute atomic E-state index is 0.0271. The molecule has 0 aliphatic carbocycles. The van der Waals surface area contributed by atoms with Gasteiger partial charge < -0.3 is 14.3 Å². The molecule has 0 radical (unpaired) electrons. The molecule has 0 spiro atoms. The number of aliphatic hydroxyl groups excluding tert-OH is 1. The van der Waals surface area contributed by atoms with Crippen molar-refractivity contribution in [1.29, 1.82) is 0 Å². The van der Waals surface area contributed by atoms with Gasteiger partial charge in [-0.05, 0) is 47.8 Å². The van der Waals surface area contributed by atoms with E-state index in [0.29, 0.717) is 5.76 Å². The Bertz CT molecular complexity index is 1010. The zero-order valence-electron chi connectivity index (χ0n) is 14.3. The van der Waals surface area contributed by atoms with Gasteiger partial charge in [0.05, 0.1) is 17.6 Å². The molecule has 0 saturated carbocycles. The Morgan fingerprint density at radius 2 is 1.96 bits per heavy atom. The molecule has 0 fully saturated rings. The molecular weight excluding hydrogens is 390 g/mol. The van der Waals surface area contributed by atoms with Crippen LogP contribution >= 0.6 is 11.3 Å². The minimum atomic E-state index is -3.85. The van der Waals surface area contributed by atoms with Crippen LogP contribution in [0.5, 0.6) is 0 Å². The number of benzene rings is 1. The summed E-state index contributed by atoms with van der Waals surface area (Å²) < 4.78 is 37.2. The number of thiophene rings is 1. The first-order valence-electron chi connectivity index (χ1n) is 7.89. The molecule has 0 aliphatic heterocycles. The van der Waals surface area contributed by atoms with E-state index in [1.54, 1.807) is 12.1 Å². The van der Waals surface area contributed by atoms with E-state index in [1.165, 1.54) is 42.7 Å². The second-order valence-corrected chi connectivity index (χ2v) is 8.14. The summed E-state index contributed by atoms with van der Waals surface area (Å²) in [6.45, 7) is -0.252. The number of nitrogens with one attached hydrogen (secondary N) is 1. The molecule has 7 nitrogen and oxygen atoms in total. The van der Waals surface area contributed by atoms with Gasteiger partial charge in [-0.25, -0.2) is 17.9 Å². The monoisotopic (exact) mass is 407 g/mol. The van der Waals surface area contributed by atoms with Crippen LogP contribution in [-0.4, -0.2) is 33.1 Å². The summed E-state index contributed by atoms with van der Waals surface area (Å²) in [6, 6.07) is 10.5. The van der Waals surface area contributed by atoms with Gasteiger partial charge in [0.2, 0.25) is 10.0 Å². The number of aliphatic hydroxyl groups is 1. The maximum Gasteiger partial charge on any atom is 0.337 e. The van der Waals surface area contributed by atoms with Crippen LogP contribution in [0.1, 0.15) is 22.2 Å². The van der Waals surface area contributed by atoms with Crippen molar-refractivity contribution in [3.05, 3.63) is 64.5 Å². The first-order valence-corrected chi connectivity index (χ1v) is 10.3. The number of rotatable bonds is 7. The summed E-state index contributed by atoms with van der Waals surface area (Å²) in [5, 5.41) is 14.0. The van der Waals surface area contributed by atoms with Gasteiger partial charge in [0, 0.05) is 17.5 Å². The Kier molecular flexibility index (Phi) is 5.76. The zero-order chi connectivity index (χ0) is 19.4. The summed E-state index contributed by atoms with van der Waals surface area (Å²) in [4.78, 5) is 11.4. The van der Waals surface area contributed by atoms with E-state index in [1.807, 2.05) is 16.8 Å². The van der Waals surface area contributed by atoms with E-state index < -0.39 is 22.1 Å². The molecule has 2 N–H and O–H groups in total. The van der Waals surface area contributed by atoms with Crippen LogP contribution in [-0.2, 0) is 14.8 Å². The molecule has 142 valence electrons. The Hall–Kier alpha value is -2.46. The highest BCUT2D eigenvalue weighted by Crippen LogP contribution is 2.27. The minimum Gasteiger partial charge on any atom is -0.465 e. The van der Waals surface area contributed by atoms with Gasteiger partial charge in [0.15, 0.2) is 0 Å². The second-order valence-electron chi connectivity index (χ2n) is 5.60. The van der Waals surface area contributed by atoms with Crippen molar-refractivity contribution in [2.24, 2.45) is 0 Å². The summed E-state index contributed by atoms with van der Waals surface area (Å²) in [7, 11) is -2.61. The molecule has 0 saturated heterocycles. The van der Waals surface area contributed by atoms with E-state index in [2.05, 4.69) is 9.46 Å². The van der Waals surface area contributed by atoms with E-state index >= 15 is 0 Å². The number of carbonyl (C=O) groups excluding carboxylic acids is 1. The Labute approximate surface area is 160 Å². The zero-order valence-corrected chi connectivity index (χ0v) is 15.9. The number of methoxy groups -OCH3 is 1. The topological polar surface area (TPSA) is 106 Å². The largest absolute Gasteiger partial charge is 0.465 e. The van der Waals surface area contributed by atoms with Crippen LogP contribution in [0.2, 0.25) is 0 Å². The van der Waals surface area contributed by atoms with Crippen LogP contribution in [0.15, 0.2) is 62.5 Å². The standard InChI is InChI=1S/C18H17NO6S2/c1-24-18(21)12-2-4-14(5-3-12)27(22,23)19-10-15(20)17-7-6-16(25-17)13-8-9-26-11-13/h2-9,11,15,19-20H,10H2,1H3/t15-/m0/s1. The van der Waals surface area contributed by atoms with Crippen molar-refractivity contribution >= 4 is 27.3 Å². The molecule has 0 bridgehead atoms. The number of hydrogen-bond donors (Lipinski definition) is 2. The van der Waals surface area contributed by atoms with Crippen LogP contribution in [0.4, 0.5) is 0 Å². The average Bonchev–Trinajstić information content (AvgIpc) is 3.37. The Morgan fingerprint density at radius 1 is 1.22 bits per heavy atom. The predicted octanol–water partition coefficient (Wildman–Crippen LogP) is 2.81. The highest BCUT2D eigenvalue weighted by Gasteiger charge is 2.19. The molecule has 0 unspecified atom stereocenters. The molecule has 27 heavy (non-hydrogen) atoms. The molecular formula is C18H17NO6S2. The van der Waals surface area contributed by atoms with E-state index in [0.717, 1.165) is 5.56 Å². The molecule has 3 aromatic rings. The van der Waals surface area contributed by atoms with Gasteiger partial charge in [-0.15, -0.1) is 0 Å². The Morgan fingerprint density at radius 3 is 2.59 bits per heavy atom. The summed E-state index contributed by atoms with van der Waals surface area (Å²) >= 11 is 1.52. The number of hydrogen-bond acceptors (Lipinski definition) is 7. The second kappa shape index (κ2) is 8.05. The third-order valence-electron chi connectivity index (χ3n) is 3.81. The molecule has 1 aromatic carbocycles. The number of carbonyl (C=O) groups is 1. The first kappa shape index (κ1) is 19.3. The van der Waals surface area contributed by atoms with Gasteiger partial charge in [-0.1, -0.05) is 0 Å². The van der Waals surface area contributed by atoms with Crippen molar-refractivity contribution in [2.45, 2.75) is 11.0 Å². The molecule has 2 heterocycles. The average molecular weight is 407 g/mol. The molecule has 3 rings (SSSR count). The van der Waals surface area contributed by atoms with Gasteiger partial charge in [-0.3, -0.25) is 0 Å². The quantitative estimate of drug-likeness (QED) is 0.584. The molecule has 0 amide bonds. The lowest BCUT2D eigenvalue weighted by molar-refractivity contribution is 0.0600. The lowest BCUT2D eigenvalue weighted by Crippen LogP contribution is -2.28. The van der Waals surface area contributed by atoms with Crippen molar-refractivity contribution < 1.29 is 27.5 Å². The van der Waals surface area contributed by atoms with Crippen molar-refractivity contribution in [3.8, 4) is 11.3 Å². The van der Waals surface area contributed by atoms with Gasteiger partial charge in [0.1, 0.15) is 17.6 Å². The maximum atomic E-state index is 12.3. The van der Waals surface area contributed by atoms with E-state index in [-0.39, 0.29) is 22.8 Å². The van der Waals surface area contributed by atoms with Gasteiger partial charge in [0.25, 0.3) is 0 Å². The van der Waals surface area contributed by atoms with Crippen LogP contribution in [0.25, 0.3) is 11.3 Å². The highest BCUT2D eigenvalue weighted by molar-refractivity contribution is 7.89. The lowest BCUT2D eigenvalue weighted by atomic mass is 10.2. The highest BCUT2D eigenvalue weighted by atomic mass is 32.2. The van der Waals surface area contributed by atoms with Crippen LogP contribution in [0.3, 0.4) is 0 Å².